The predicted octanol–water partition coefficient (Wildman–Crippen LogP) is 4.30. The molecule has 0 aliphatic carbocycles. The lowest BCUT2D eigenvalue weighted by molar-refractivity contribution is 0.178. The quantitative estimate of drug-likeness (QED) is 0.871. The molecule has 1 aromatic rings. The van der Waals surface area contributed by atoms with Gasteiger partial charge in [-0.25, -0.2) is 4.79 Å². The van der Waals surface area contributed by atoms with Gasteiger partial charge < -0.3 is 10.2 Å². The highest BCUT2D eigenvalue weighted by molar-refractivity contribution is 6.30. The minimum atomic E-state index is -0.0783. The third-order valence-electron chi connectivity index (χ3n) is 2.78. The van der Waals surface area contributed by atoms with Gasteiger partial charge in [0.25, 0.3) is 0 Å². The highest BCUT2D eigenvalue weighted by atomic mass is 35.5. The highest BCUT2D eigenvalue weighted by Crippen LogP contribution is 2.20. The van der Waals surface area contributed by atoms with Crippen molar-refractivity contribution in [1.29, 1.82) is 0 Å². The van der Waals surface area contributed by atoms with Gasteiger partial charge in [-0.05, 0) is 58.4 Å². The number of rotatable bonds is 3. The van der Waals surface area contributed by atoms with Crippen LogP contribution in [0, 0.1) is 6.92 Å². The number of benzene rings is 1. The number of halogens is 1. The van der Waals surface area contributed by atoms with Gasteiger partial charge >= 0.3 is 6.03 Å². The molecule has 0 bridgehead atoms. The molecule has 0 aliphatic rings. The summed E-state index contributed by atoms with van der Waals surface area (Å²) < 4.78 is 0. The molecule has 18 heavy (non-hydrogen) atoms. The number of nitrogens with zero attached hydrogens (tertiary/aromatic N) is 1. The third kappa shape index (κ3) is 3.64. The molecule has 2 amide bonds. The summed E-state index contributed by atoms with van der Waals surface area (Å²) in [5, 5.41) is 3.60. The zero-order chi connectivity index (χ0) is 13.9. The first-order valence-corrected chi connectivity index (χ1v) is 6.56. The Labute approximate surface area is 114 Å². The Kier molecular flexibility index (Phi) is 5.03. The van der Waals surface area contributed by atoms with Crippen LogP contribution >= 0.6 is 11.6 Å². The average molecular weight is 269 g/mol. The molecule has 4 heteroatoms. The summed E-state index contributed by atoms with van der Waals surface area (Å²) in [6.07, 6.45) is 0. The molecule has 0 saturated carbocycles. The van der Waals surface area contributed by atoms with Gasteiger partial charge in [-0.15, -0.1) is 0 Å². The van der Waals surface area contributed by atoms with Crippen LogP contribution in [0.5, 0.6) is 0 Å². The number of anilines is 1. The summed E-state index contributed by atoms with van der Waals surface area (Å²) in [6.45, 7) is 9.96. The van der Waals surface area contributed by atoms with Crippen LogP contribution in [-0.2, 0) is 0 Å². The lowest BCUT2D eigenvalue weighted by atomic mass is 10.2. The second-order valence-corrected chi connectivity index (χ2v) is 5.42. The molecule has 1 aromatic carbocycles. The van der Waals surface area contributed by atoms with Gasteiger partial charge in [0.2, 0.25) is 0 Å². The maximum absolute atomic E-state index is 12.2. The maximum atomic E-state index is 12.2. The molecule has 0 fully saturated rings. The van der Waals surface area contributed by atoms with E-state index in [1.165, 1.54) is 0 Å². The molecule has 0 spiro atoms. The molecule has 0 atom stereocenters. The minimum absolute atomic E-state index is 0.0783. The van der Waals surface area contributed by atoms with Gasteiger partial charge in [-0.3, -0.25) is 0 Å². The number of carbonyl (C=O) groups excluding carboxylic acids is 1. The molecule has 0 saturated heterocycles. The fraction of sp³-hybridized carbons (Fsp3) is 0.500. The normalized spacial score (nSPS) is 10.9. The predicted molar refractivity (Wildman–Crippen MR) is 77.3 cm³/mol. The van der Waals surface area contributed by atoms with Gasteiger partial charge in [0.05, 0.1) is 0 Å². The smallest absolute Gasteiger partial charge is 0.320 e. The lowest BCUT2D eigenvalue weighted by Crippen LogP contribution is -2.44. The first kappa shape index (κ1) is 14.8. The van der Waals surface area contributed by atoms with Crippen LogP contribution in [0.3, 0.4) is 0 Å². The molecular weight excluding hydrogens is 248 g/mol. The second kappa shape index (κ2) is 6.10. The SMILES string of the molecule is Cc1cc(Cl)ccc1NC(=O)N(C(C)C)C(C)C. The van der Waals surface area contributed by atoms with Crippen molar-refractivity contribution >= 4 is 23.3 Å². The number of carbonyl (C=O) groups is 1. The van der Waals surface area contributed by atoms with Gasteiger partial charge in [0, 0.05) is 22.8 Å². The Morgan fingerprint density at radius 3 is 2.22 bits per heavy atom. The standard InChI is InChI=1S/C14H21ClN2O/c1-9(2)17(10(3)4)14(18)16-13-7-6-12(15)8-11(13)5/h6-10H,1-5H3,(H,16,18). The van der Waals surface area contributed by atoms with E-state index in [1.54, 1.807) is 6.07 Å². The van der Waals surface area contributed by atoms with E-state index in [4.69, 9.17) is 11.6 Å². The number of hydrogen-bond donors (Lipinski definition) is 1. The Morgan fingerprint density at radius 1 is 1.22 bits per heavy atom. The number of amides is 2. The number of urea groups is 1. The van der Waals surface area contributed by atoms with E-state index in [1.807, 2.05) is 51.7 Å². The van der Waals surface area contributed by atoms with Gasteiger partial charge in [-0.2, -0.15) is 0 Å². The Bertz CT molecular complexity index is 422. The fourth-order valence-corrected chi connectivity index (χ4v) is 2.24. The van der Waals surface area contributed by atoms with Crippen LogP contribution in [0.2, 0.25) is 5.02 Å². The summed E-state index contributed by atoms with van der Waals surface area (Å²) in [6, 6.07) is 5.69. The molecular formula is C14H21ClN2O. The zero-order valence-corrected chi connectivity index (χ0v) is 12.4. The van der Waals surface area contributed by atoms with Crippen molar-refractivity contribution in [1.82, 2.24) is 4.90 Å². The van der Waals surface area contributed by atoms with Crippen LogP contribution in [0.4, 0.5) is 10.5 Å². The Morgan fingerprint density at radius 2 is 1.78 bits per heavy atom. The molecule has 0 aliphatic heterocycles. The van der Waals surface area contributed by atoms with E-state index in [2.05, 4.69) is 5.32 Å². The van der Waals surface area contributed by atoms with Gasteiger partial charge in [0.15, 0.2) is 0 Å². The van der Waals surface area contributed by atoms with Crippen molar-refractivity contribution in [2.24, 2.45) is 0 Å². The average Bonchev–Trinajstić information content (AvgIpc) is 2.21. The number of aryl methyl sites for hydroxylation is 1. The Balaban J connectivity index is 2.86. The summed E-state index contributed by atoms with van der Waals surface area (Å²) >= 11 is 5.89. The third-order valence-corrected chi connectivity index (χ3v) is 3.01. The highest BCUT2D eigenvalue weighted by Gasteiger charge is 2.20. The summed E-state index contributed by atoms with van der Waals surface area (Å²) in [4.78, 5) is 14.0. The van der Waals surface area contributed by atoms with Gasteiger partial charge in [0.1, 0.15) is 0 Å². The monoisotopic (exact) mass is 268 g/mol. The maximum Gasteiger partial charge on any atom is 0.322 e. The van der Waals surface area contributed by atoms with Crippen molar-refractivity contribution < 1.29 is 4.79 Å². The fourth-order valence-electron chi connectivity index (χ4n) is 2.01. The largest absolute Gasteiger partial charge is 0.322 e. The van der Waals surface area contributed by atoms with Crippen molar-refractivity contribution in [2.75, 3.05) is 5.32 Å². The van der Waals surface area contributed by atoms with E-state index in [0.29, 0.717) is 5.02 Å². The van der Waals surface area contributed by atoms with Crippen molar-refractivity contribution in [2.45, 2.75) is 46.7 Å². The van der Waals surface area contributed by atoms with E-state index in [-0.39, 0.29) is 18.1 Å². The lowest BCUT2D eigenvalue weighted by Gasteiger charge is -2.31. The van der Waals surface area contributed by atoms with Crippen molar-refractivity contribution in [3.05, 3.63) is 28.8 Å². The first-order valence-electron chi connectivity index (χ1n) is 6.18. The molecule has 0 unspecified atom stereocenters. The minimum Gasteiger partial charge on any atom is -0.320 e. The molecule has 1 N–H and O–H groups in total. The van der Waals surface area contributed by atoms with Crippen molar-refractivity contribution in [3.8, 4) is 0 Å². The number of hydrogen-bond acceptors (Lipinski definition) is 1. The van der Waals surface area contributed by atoms with E-state index >= 15 is 0 Å². The number of nitrogens with one attached hydrogen (secondary N) is 1. The summed E-state index contributed by atoms with van der Waals surface area (Å²) in [7, 11) is 0. The van der Waals surface area contributed by atoms with Crippen LogP contribution in [0.15, 0.2) is 18.2 Å². The zero-order valence-electron chi connectivity index (χ0n) is 11.6. The van der Waals surface area contributed by atoms with Crippen LogP contribution < -0.4 is 5.32 Å². The molecule has 0 aromatic heterocycles. The van der Waals surface area contributed by atoms with Gasteiger partial charge in [-0.1, -0.05) is 11.6 Å². The van der Waals surface area contributed by atoms with Crippen molar-refractivity contribution in [3.63, 3.8) is 0 Å². The first-order chi connectivity index (χ1) is 8.32. The van der Waals surface area contributed by atoms with Crippen LogP contribution in [0.1, 0.15) is 33.3 Å². The molecule has 100 valence electrons. The van der Waals surface area contributed by atoms with E-state index in [0.717, 1.165) is 11.3 Å². The Hall–Kier alpha value is -1.22. The van der Waals surface area contributed by atoms with Crippen LogP contribution in [-0.4, -0.2) is 23.0 Å². The topological polar surface area (TPSA) is 32.3 Å². The summed E-state index contributed by atoms with van der Waals surface area (Å²) in [5.41, 5.74) is 1.76. The molecule has 3 nitrogen and oxygen atoms in total. The molecule has 0 heterocycles. The second-order valence-electron chi connectivity index (χ2n) is 4.98. The molecule has 1 rings (SSSR count). The van der Waals surface area contributed by atoms with E-state index in [9.17, 15) is 4.79 Å². The van der Waals surface area contributed by atoms with E-state index < -0.39 is 0 Å². The molecule has 0 radical (unpaired) electrons. The summed E-state index contributed by atoms with van der Waals surface area (Å²) in [5.74, 6) is 0. The van der Waals surface area contributed by atoms with Crippen LogP contribution in [0.25, 0.3) is 0 Å².